The molecule has 1 atom stereocenters. The van der Waals surface area contributed by atoms with Gasteiger partial charge in [0.2, 0.25) is 0 Å². The second-order valence-electron chi connectivity index (χ2n) is 9.16. The monoisotopic (exact) mass is 511 g/mol. The van der Waals surface area contributed by atoms with Gasteiger partial charge in [-0.1, -0.05) is 59.9 Å². The summed E-state index contributed by atoms with van der Waals surface area (Å²) in [5.74, 6) is -0.269. The smallest absolute Gasteiger partial charge is 0.271 e. The molecule has 7 nitrogen and oxygen atoms in total. The molecule has 2 aromatic carbocycles. The first-order valence-electron chi connectivity index (χ1n) is 12.3. The Labute approximate surface area is 219 Å². The summed E-state index contributed by atoms with van der Waals surface area (Å²) in [7, 11) is 0. The Kier molecular flexibility index (Phi) is 6.52. The molecule has 0 bridgehead atoms. The lowest BCUT2D eigenvalue weighted by Gasteiger charge is -2.25. The van der Waals surface area contributed by atoms with E-state index in [1.165, 1.54) is 11.3 Å². The predicted octanol–water partition coefficient (Wildman–Crippen LogP) is 4.02. The van der Waals surface area contributed by atoms with Crippen LogP contribution in [0.25, 0.3) is 6.08 Å². The molecule has 1 aliphatic rings. The number of carbonyl (C=O) groups is 1. The first-order valence-corrected chi connectivity index (χ1v) is 13.1. The van der Waals surface area contributed by atoms with Gasteiger partial charge < -0.3 is 5.32 Å². The zero-order valence-corrected chi connectivity index (χ0v) is 22.4. The van der Waals surface area contributed by atoms with E-state index in [2.05, 4.69) is 10.4 Å². The number of amides is 1. The Morgan fingerprint density at radius 3 is 2.43 bits per heavy atom. The van der Waals surface area contributed by atoms with E-state index in [4.69, 9.17) is 4.99 Å². The van der Waals surface area contributed by atoms with E-state index < -0.39 is 6.04 Å². The van der Waals surface area contributed by atoms with Crippen molar-refractivity contribution in [3.63, 3.8) is 0 Å². The van der Waals surface area contributed by atoms with Crippen LogP contribution in [0.4, 0.5) is 5.69 Å². The van der Waals surface area contributed by atoms with Crippen LogP contribution in [0.5, 0.6) is 0 Å². The van der Waals surface area contributed by atoms with E-state index in [1.807, 2.05) is 100.0 Å². The molecule has 0 saturated carbocycles. The van der Waals surface area contributed by atoms with Crippen molar-refractivity contribution < 1.29 is 4.79 Å². The number of para-hydroxylation sites is 1. The van der Waals surface area contributed by atoms with Gasteiger partial charge in [-0.2, -0.15) is 5.10 Å². The van der Waals surface area contributed by atoms with Crippen molar-refractivity contribution in [1.82, 2.24) is 14.3 Å². The number of nitrogens with one attached hydrogen (secondary N) is 1. The number of hydrogen-bond acceptors (Lipinski definition) is 5. The number of fused-ring (bicyclic) bond motifs is 1. The van der Waals surface area contributed by atoms with Gasteiger partial charge in [0.15, 0.2) is 4.80 Å². The first kappa shape index (κ1) is 24.6. The number of carbonyl (C=O) groups excluding carboxylic acids is 1. The molecule has 4 aromatic rings. The fourth-order valence-corrected chi connectivity index (χ4v) is 5.85. The summed E-state index contributed by atoms with van der Waals surface area (Å²) < 4.78 is 4.15. The Morgan fingerprint density at radius 1 is 1.05 bits per heavy atom. The van der Waals surface area contributed by atoms with E-state index in [0.717, 1.165) is 40.3 Å². The van der Waals surface area contributed by atoms with Crippen molar-refractivity contribution in [2.75, 3.05) is 5.32 Å². The summed E-state index contributed by atoms with van der Waals surface area (Å²) in [4.78, 5) is 32.9. The fraction of sp³-hybridized carbons (Fsp3) is 0.241. The molecule has 2 aromatic heterocycles. The minimum atomic E-state index is -0.593. The lowest BCUT2D eigenvalue weighted by atomic mass is 9.95. The first-order chi connectivity index (χ1) is 17.8. The number of anilines is 1. The van der Waals surface area contributed by atoms with Gasteiger partial charge >= 0.3 is 0 Å². The van der Waals surface area contributed by atoms with E-state index in [9.17, 15) is 9.59 Å². The van der Waals surface area contributed by atoms with Crippen LogP contribution in [0.15, 0.2) is 75.7 Å². The highest BCUT2D eigenvalue weighted by Gasteiger charge is 2.32. The van der Waals surface area contributed by atoms with Crippen LogP contribution in [0, 0.1) is 20.8 Å². The van der Waals surface area contributed by atoms with Crippen LogP contribution in [0.2, 0.25) is 0 Å². The molecular weight excluding hydrogens is 482 g/mol. The highest BCUT2D eigenvalue weighted by molar-refractivity contribution is 7.07. The Hall–Kier alpha value is -4.04. The van der Waals surface area contributed by atoms with Gasteiger partial charge in [0, 0.05) is 23.5 Å². The molecule has 0 spiro atoms. The van der Waals surface area contributed by atoms with Gasteiger partial charge in [0.25, 0.3) is 11.5 Å². The summed E-state index contributed by atoms with van der Waals surface area (Å²) in [6.07, 6.45) is 1.90. The Morgan fingerprint density at radius 2 is 1.76 bits per heavy atom. The molecule has 1 amide bonds. The largest absolute Gasteiger partial charge is 0.322 e. The number of benzene rings is 2. The van der Waals surface area contributed by atoms with Crippen LogP contribution in [-0.2, 0) is 11.3 Å². The van der Waals surface area contributed by atoms with Crippen LogP contribution >= 0.6 is 11.3 Å². The predicted molar refractivity (Wildman–Crippen MR) is 147 cm³/mol. The van der Waals surface area contributed by atoms with Crippen molar-refractivity contribution >= 4 is 29.0 Å². The van der Waals surface area contributed by atoms with Crippen molar-refractivity contribution in [3.8, 4) is 0 Å². The van der Waals surface area contributed by atoms with Crippen LogP contribution in [0.3, 0.4) is 0 Å². The molecule has 37 heavy (non-hydrogen) atoms. The van der Waals surface area contributed by atoms with Gasteiger partial charge in [-0.3, -0.25) is 18.8 Å². The third kappa shape index (κ3) is 4.38. The maximum Gasteiger partial charge on any atom is 0.271 e. The third-order valence-corrected chi connectivity index (χ3v) is 7.77. The second kappa shape index (κ2) is 9.78. The number of aryl methyl sites for hydroxylation is 3. The molecule has 5 rings (SSSR count). The van der Waals surface area contributed by atoms with Crippen molar-refractivity contribution in [3.05, 3.63) is 114 Å². The number of aromatic nitrogens is 3. The van der Waals surface area contributed by atoms with Gasteiger partial charge in [-0.25, -0.2) is 4.99 Å². The SMILES string of the molecule is CCn1nc(C)c(/C=c2\sc3n(c2=O)C(c2ccccc2)C(C(=O)Nc2ccccc2C)=C(C)N=3)c1C. The normalized spacial score (nSPS) is 15.5. The van der Waals surface area contributed by atoms with Crippen molar-refractivity contribution in [1.29, 1.82) is 0 Å². The number of rotatable bonds is 5. The maximum absolute atomic E-state index is 13.9. The van der Waals surface area contributed by atoms with Crippen LogP contribution in [0.1, 0.15) is 48.0 Å². The van der Waals surface area contributed by atoms with Gasteiger partial charge in [-0.15, -0.1) is 0 Å². The molecule has 0 radical (unpaired) electrons. The number of nitrogens with zero attached hydrogens (tertiary/aromatic N) is 4. The summed E-state index contributed by atoms with van der Waals surface area (Å²) in [5.41, 5.74) is 6.26. The summed E-state index contributed by atoms with van der Waals surface area (Å²) in [5, 5.41) is 7.63. The van der Waals surface area contributed by atoms with Crippen LogP contribution < -0.4 is 20.2 Å². The number of allylic oxidation sites excluding steroid dienone is 1. The number of hydrogen-bond donors (Lipinski definition) is 1. The molecule has 1 N–H and O–H groups in total. The minimum absolute atomic E-state index is 0.172. The molecule has 1 unspecified atom stereocenters. The molecule has 0 saturated heterocycles. The second-order valence-corrected chi connectivity index (χ2v) is 10.2. The highest BCUT2D eigenvalue weighted by Crippen LogP contribution is 2.31. The molecule has 1 aliphatic heterocycles. The van der Waals surface area contributed by atoms with E-state index >= 15 is 0 Å². The average Bonchev–Trinajstić information content (AvgIpc) is 3.34. The topological polar surface area (TPSA) is 81.3 Å². The minimum Gasteiger partial charge on any atom is -0.322 e. The molecular formula is C29H29N5O2S. The lowest BCUT2D eigenvalue weighted by Crippen LogP contribution is -2.40. The van der Waals surface area contributed by atoms with E-state index in [-0.39, 0.29) is 11.5 Å². The van der Waals surface area contributed by atoms with Gasteiger partial charge in [0.1, 0.15) is 0 Å². The summed E-state index contributed by atoms with van der Waals surface area (Å²) >= 11 is 1.34. The fourth-order valence-electron chi connectivity index (χ4n) is 4.82. The Bertz CT molecular complexity index is 1720. The Balaban J connectivity index is 1.68. The average molecular weight is 512 g/mol. The zero-order valence-electron chi connectivity index (χ0n) is 21.6. The lowest BCUT2D eigenvalue weighted by molar-refractivity contribution is -0.113. The highest BCUT2D eigenvalue weighted by atomic mass is 32.1. The molecule has 0 fully saturated rings. The molecule has 0 aliphatic carbocycles. The van der Waals surface area contributed by atoms with E-state index in [0.29, 0.717) is 20.6 Å². The van der Waals surface area contributed by atoms with E-state index in [1.54, 1.807) is 4.57 Å². The summed E-state index contributed by atoms with van der Waals surface area (Å²) in [6, 6.07) is 16.7. The maximum atomic E-state index is 13.9. The third-order valence-electron chi connectivity index (χ3n) is 6.79. The van der Waals surface area contributed by atoms with Crippen molar-refractivity contribution in [2.24, 2.45) is 4.99 Å². The molecule has 8 heteroatoms. The number of thiazole rings is 1. The zero-order chi connectivity index (χ0) is 26.3. The molecule has 188 valence electrons. The standard InChI is InChI=1S/C29H29N5O2S/c1-6-33-20(5)22(18(3)32-33)16-24-28(36)34-26(21-13-8-7-9-14-21)25(19(4)30-29(34)37-24)27(35)31-23-15-11-10-12-17(23)2/h7-16,26H,6H2,1-5H3,(H,31,35)/b24-16-. The molecule has 3 heterocycles. The van der Waals surface area contributed by atoms with Gasteiger partial charge in [0.05, 0.1) is 27.5 Å². The quantitative estimate of drug-likeness (QED) is 0.440. The van der Waals surface area contributed by atoms with Crippen LogP contribution in [-0.4, -0.2) is 20.3 Å². The van der Waals surface area contributed by atoms with Crippen molar-refractivity contribution in [2.45, 2.75) is 47.2 Å². The summed E-state index contributed by atoms with van der Waals surface area (Å²) in [6.45, 7) is 10.5. The van der Waals surface area contributed by atoms with Gasteiger partial charge in [-0.05, 0) is 57.9 Å².